The topological polar surface area (TPSA) is 359 Å². The molecule has 4 aromatic rings. The van der Waals surface area contributed by atoms with Crippen molar-refractivity contribution in [2.75, 3.05) is 36.0 Å². The van der Waals surface area contributed by atoms with E-state index in [2.05, 4.69) is 34.9 Å². The summed E-state index contributed by atoms with van der Waals surface area (Å²) in [7, 11) is -17.7. The normalized spacial score (nSPS) is 12.9. The minimum Gasteiger partial charge on any atom is -0.478 e. The van der Waals surface area contributed by atoms with E-state index in [1.54, 1.807) is 24.3 Å². The molecule has 26 heteroatoms. The Morgan fingerprint density at radius 2 is 1.23 bits per heavy atom. The lowest BCUT2D eigenvalue weighted by Crippen LogP contribution is -2.15. The summed E-state index contributed by atoms with van der Waals surface area (Å²) in [6, 6.07) is 14.0. The van der Waals surface area contributed by atoms with E-state index >= 15 is 0 Å². The molecule has 0 fully saturated rings. The van der Waals surface area contributed by atoms with E-state index in [4.69, 9.17) is 20.8 Å². The number of ether oxygens (including phenoxy) is 1. The third kappa shape index (κ3) is 11.6. The molecule has 0 aliphatic carbocycles. The third-order valence-corrected chi connectivity index (χ3v) is 10.5. The van der Waals surface area contributed by atoms with Crippen molar-refractivity contribution >= 4 is 91.7 Å². The van der Waals surface area contributed by atoms with E-state index in [0.29, 0.717) is 0 Å². The third-order valence-electron chi connectivity index (χ3n) is 6.96. The van der Waals surface area contributed by atoms with Crippen LogP contribution in [0.15, 0.2) is 107 Å². The number of sulfone groups is 2. The molecule has 0 heterocycles. The summed E-state index contributed by atoms with van der Waals surface area (Å²) in [6.45, 7) is 0.952. The molecule has 0 saturated heterocycles. The van der Waals surface area contributed by atoms with E-state index in [1.807, 2.05) is 6.92 Å². The first-order valence-corrected chi connectivity index (χ1v) is 21.6. The molecule has 4 rings (SSSR count). The Labute approximate surface area is 319 Å². The lowest BCUT2D eigenvalue weighted by molar-refractivity contribution is 0.0698. The zero-order valence-corrected chi connectivity index (χ0v) is 32.0. The van der Waals surface area contributed by atoms with Crippen molar-refractivity contribution in [2.45, 2.75) is 16.7 Å². The van der Waals surface area contributed by atoms with Crippen LogP contribution in [0.1, 0.15) is 15.9 Å². The van der Waals surface area contributed by atoms with E-state index in [0.717, 1.165) is 42.2 Å². The average molecular weight is 855 g/mol. The molecule has 0 aromatic heterocycles. The second kappa shape index (κ2) is 16.9. The highest BCUT2D eigenvalue weighted by molar-refractivity contribution is 7.91. The molecule has 0 atom stereocenters. The molecule has 0 amide bonds. The monoisotopic (exact) mass is 854 g/mol. The summed E-state index contributed by atoms with van der Waals surface area (Å²) >= 11 is 0. The number of nitrogens with two attached hydrogens (primary N) is 2. The van der Waals surface area contributed by atoms with Crippen LogP contribution in [0.3, 0.4) is 0 Å². The standard InChI is InChI=1S/C30H30N8O14S4/c1-17-3-5-18(6-4-17)33-36-27-24(30(39)40)28(37-35-22-12-9-20(51-16-53(2,41)42)15-23(22)55(45,46)47)26(32)29(25(27)31)38-34-19-7-10-21(11-8-19)54(43,44)14-13-52-56(48,49)50/h3-12,15H,13-14,16,31-32H2,1-2H3,(H,39,40)(H,45,46,47)(H,48,49,50). The second-order valence-electron chi connectivity index (χ2n) is 11.3. The number of carboxylic acids is 1. The summed E-state index contributed by atoms with van der Waals surface area (Å²) in [4.78, 5) is 11.5. The molecule has 298 valence electrons. The highest BCUT2D eigenvalue weighted by Gasteiger charge is 2.27. The van der Waals surface area contributed by atoms with Crippen LogP contribution in [0.2, 0.25) is 0 Å². The zero-order chi connectivity index (χ0) is 41.6. The number of anilines is 2. The molecule has 0 radical (unpaired) electrons. The van der Waals surface area contributed by atoms with Crippen LogP contribution in [0.5, 0.6) is 5.75 Å². The van der Waals surface area contributed by atoms with Gasteiger partial charge in [-0.3, -0.25) is 9.11 Å². The number of aryl methyl sites for hydroxylation is 1. The highest BCUT2D eigenvalue weighted by Crippen LogP contribution is 2.49. The Morgan fingerprint density at radius 1 is 0.714 bits per heavy atom. The van der Waals surface area contributed by atoms with Gasteiger partial charge in [0.1, 0.15) is 39.0 Å². The van der Waals surface area contributed by atoms with Crippen molar-refractivity contribution in [1.82, 2.24) is 0 Å². The molecule has 0 spiro atoms. The van der Waals surface area contributed by atoms with Gasteiger partial charge in [0.15, 0.2) is 25.6 Å². The summed E-state index contributed by atoms with van der Waals surface area (Å²) in [5.41, 5.74) is 9.76. The molecule has 0 unspecified atom stereocenters. The van der Waals surface area contributed by atoms with Crippen LogP contribution in [0, 0.1) is 6.92 Å². The van der Waals surface area contributed by atoms with Gasteiger partial charge in [-0.05, 0) is 55.5 Å². The number of carboxylic acid groups (broad SMARTS) is 1. The number of hydrogen-bond acceptors (Lipinski definition) is 19. The summed E-state index contributed by atoms with van der Waals surface area (Å²) in [5.74, 6) is -3.63. The summed E-state index contributed by atoms with van der Waals surface area (Å²) in [5, 5.41) is 34.0. The highest BCUT2D eigenvalue weighted by atomic mass is 32.3. The number of benzene rings is 4. The van der Waals surface area contributed by atoms with E-state index in [1.165, 1.54) is 12.1 Å². The van der Waals surface area contributed by atoms with Gasteiger partial charge in [0, 0.05) is 12.3 Å². The van der Waals surface area contributed by atoms with Crippen LogP contribution < -0.4 is 16.2 Å². The number of nitrogens with zero attached hydrogens (tertiary/aromatic N) is 6. The van der Waals surface area contributed by atoms with Gasteiger partial charge < -0.3 is 21.3 Å². The minimum absolute atomic E-state index is 0.00114. The predicted octanol–water partition coefficient (Wildman–Crippen LogP) is 5.32. The molecule has 56 heavy (non-hydrogen) atoms. The molecular weight excluding hydrogens is 825 g/mol. The van der Waals surface area contributed by atoms with Crippen molar-refractivity contribution < 1.29 is 61.6 Å². The number of hydrogen-bond donors (Lipinski definition) is 5. The molecule has 0 aliphatic heterocycles. The fourth-order valence-electron chi connectivity index (χ4n) is 4.34. The number of rotatable bonds is 16. The maximum absolute atomic E-state index is 12.7. The van der Waals surface area contributed by atoms with Crippen molar-refractivity contribution in [3.8, 4) is 5.75 Å². The molecular formula is C30H30N8O14S4. The van der Waals surface area contributed by atoms with E-state index in [-0.39, 0.29) is 22.0 Å². The largest absolute Gasteiger partial charge is 0.478 e. The van der Waals surface area contributed by atoms with Gasteiger partial charge in [0.05, 0.1) is 40.0 Å². The van der Waals surface area contributed by atoms with Gasteiger partial charge in [-0.25, -0.2) is 25.8 Å². The van der Waals surface area contributed by atoms with Gasteiger partial charge in [0.25, 0.3) is 10.1 Å². The zero-order valence-electron chi connectivity index (χ0n) is 28.8. The first-order chi connectivity index (χ1) is 25.9. The minimum atomic E-state index is -5.07. The fraction of sp³-hybridized carbons (Fsp3) is 0.167. The fourth-order valence-corrected chi connectivity index (χ4v) is 6.81. The smallest absolute Gasteiger partial charge is 0.397 e. The van der Waals surface area contributed by atoms with Gasteiger partial charge in [-0.15, -0.1) is 20.5 Å². The van der Waals surface area contributed by atoms with Crippen molar-refractivity contribution in [3.05, 3.63) is 77.9 Å². The number of azo groups is 3. The Hall–Kier alpha value is -5.77. The van der Waals surface area contributed by atoms with Crippen molar-refractivity contribution in [1.29, 1.82) is 0 Å². The molecule has 0 saturated carbocycles. The van der Waals surface area contributed by atoms with Crippen LogP contribution in [-0.4, -0.2) is 78.4 Å². The molecule has 0 aliphatic rings. The maximum atomic E-state index is 12.7. The van der Waals surface area contributed by atoms with Gasteiger partial charge in [-0.2, -0.15) is 27.1 Å². The lowest BCUT2D eigenvalue weighted by Gasteiger charge is -2.13. The van der Waals surface area contributed by atoms with E-state index in [9.17, 15) is 48.1 Å². The predicted molar refractivity (Wildman–Crippen MR) is 199 cm³/mol. The number of nitrogen functional groups attached to an aromatic ring is 2. The van der Waals surface area contributed by atoms with Crippen LogP contribution in [0.4, 0.5) is 45.5 Å². The Balaban J connectivity index is 1.85. The van der Waals surface area contributed by atoms with Crippen LogP contribution in [-0.2, 0) is 44.4 Å². The maximum Gasteiger partial charge on any atom is 0.397 e. The molecule has 4 aromatic carbocycles. The summed E-state index contributed by atoms with van der Waals surface area (Å²) < 4.78 is 122. The van der Waals surface area contributed by atoms with Crippen LogP contribution >= 0.6 is 0 Å². The van der Waals surface area contributed by atoms with Crippen molar-refractivity contribution in [3.63, 3.8) is 0 Å². The lowest BCUT2D eigenvalue weighted by atomic mass is 10.1. The molecule has 7 N–H and O–H groups in total. The summed E-state index contributed by atoms with van der Waals surface area (Å²) in [6.07, 6.45) is 0.861. The number of aromatic carboxylic acids is 1. The number of carbonyl (C=O) groups is 1. The first kappa shape index (κ1) is 43.0. The quantitative estimate of drug-likeness (QED) is 0.0540. The van der Waals surface area contributed by atoms with Crippen molar-refractivity contribution in [2.24, 2.45) is 30.7 Å². The first-order valence-electron chi connectivity index (χ1n) is 15.1. The van der Waals surface area contributed by atoms with Gasteiger partial charge in [0.2, 0.25) is 0 Å². The molecule has 22 nitrogen and oxygen atoms in total. The Kier molecular flexibility index (Phi) is 13.0. The average Bonchev–Trinajstić information content (AvgIpc) is 3.09. The Morgan fingerprint density at radius 3 is 1.73 bits per heavy atom. The van der Waals surface area contributed by atoms with Gasteiger partial charge in [-0.1, -0.05) is 17.7 Å². The Bertz CT molecular complexity index is 2710. The van der Waals surface area contributed by atoms with Gasteiger partial charge >= 0.3 is 16.4 Å². The van der Waals surface area contributed by atoms with Crippen LogP contribution in [0.25, 0.3) is 0 Å². The second-order valence-corrected chi connectivity index (χ2v) is 18.0. The molecule has 0 bridgehead atoms. The van der Waals surface area contributed by atoms with E-state index < -0.39 is 109 Å². The SMILES string of the molecule is Cc1ccc(N=Nc2c(N)c(N=Nc3ccc(S(=O)(=O)CCOS(=O)(=O)O)cc3)c(N)c(N=Nc3ccc(OCS(C)(=O)=O)cc3S(=O)(=O)O)c2C(=O)O)cc1.